The average Bonchev–Trinajstić information content (AvgIpc) is 3.05. The van der Waals surface area contributed by atoms with E-state index in [1.165, 1.54) is 17.8 Å². The van der Waals surface area contributed by atoms with Crippen LogP contribution in [0.4, 0.5) is 0 Å². The van der Waals surface area contributed by atoms with Gasteiger partial charge in [-0.2, -0.15) is 4.31 Å². The molecule has 7 nitrogen and oxygen atoms in total. The lowest BCUT2D eigenvalue weighted by Crippen LogP contribution is -2.44. The summed E-state index contributed by atoms with van der Waals surface area (Å²) in [5.74, 6) is -1.53. The third-order valence-electron chi connectivity index (χ3n) is 3.37. The van der Waals surface area contributed by atoms with E-state index < -0.39 is 27.9 Å². The second-order valence-corrected chi connectivity index (χ2v) is 8.13. The van der Waals surface area contributed by atoms with Gasteiger partial charge in [0.25, 0.3) is 0 Å². The summed E-state index contributed by atoms with van der Waals surface area (Å²) in [5.41, 5.74) is 0.860. The van der Waals surface area contributed by atoms with E-state index in [-0.39, 0.29) is 23.9 Å². The van der Waals surface area contributed by atoms with Gasteiger partial charge in [0, 0.05) is 18.4 Å². The molecule has 1 atom stereocenters. The van der Waals surface area contributed by atoms with Gasteiger partial charge in [0.2, 0.25) is 15.9 Å². The van der Waals surface area contributed by atoms with Crippen molar-refractivity contribution in [2.45, 2.75) is 6.04 Å². The zero-order chi connectivity index (χ0) is 17.6. The number of carbonyl (C=O) groups is 2. The molecule has 1 aromatic rings. The topological polar surface area (TPSA) is 104 Å². The van der Waals surface area contributed by atoms with E-state index in [9.17, 15) is 18.0 Å². The molecule has 1 aliphatic rings. The lowest BCUT2D eigenvalue weighted by Gasteiger charge is -2.19. The van der Waals surface area contributed by atoms with Gasteiger partial charge in [-0.3, -0.25) is 9.59 Å². The number of carbonyl (C=O) groups excluding carboxylic acids is 1. The van der Waals surface area contributed by atoms with Crippen molar-refractivity contribution in [1.29, 1.82) is 0 Å². The molecule has 1 aliphatic heterocycles. The van der Waals surface area contributed by atoms with Crippen LogP contribution in [-0.2, 0) is 19.6 Å². The van der Waals surface area contributed by atoms with E-state index >= 15 is 0 Å². The van der Waals surface area contributed by atoms with E-state index in [1.807, 2.05) is 30.3 Å². The average molecular weight is 370 g/mol. The molecule has 0 spiro atoms. The van der Waals surface area contributed by atoms with Crippen molar-refractivity contribution in [3.8, 4) is 0 Å². The molecule has 1 fully saturated rings. The molecule has 24 heavy (non-hydrogen) atoms. The zero-order valence-corrected chi connectivity index (χ0v) is 14.4. The summed E-state index contributed by atoms with van der Waals surface area (Å²) in [6.45, 7) is -0.0756. The van der Waals surface area contributed by atoms with Crippen molar-refractivity contribution >= 4 is 39.7 Å². The number of rotatable bonds is 7. The number of carboxylic acids is 1. The fourth-order valence-corrected chi connectivity index (χ4v) is 5.23. The van der Waals surface area contributed by atoms with Crippen LogP contribution in [0.1, 0.15) is 5.56 Å². The molecule has 1 saturated heterocycles. The van der Waals surface area contributed by atoms with Gasteiger partial charge in [-0.1, -0.05) is 30.3 Å². The first kappa shape index (κ1) is 18.5. The van der Waals surface area contributed by atoms with Gasteiger partial charge in [0.15, 0.2) is 0 Å². The van der Waals surface area contributed by atoms with Crippen LogP contribution in [0.2, 0.25) is 0 Å². The molecule has 0 bridgehead atoms. The van der Waals surface area contributed by atoms with Gasteiger partial charge in [-0.25, -0.2) is 8.42 Å². The number of thioether (sulfide) groups is 1. The SMILES string of the molecule is O=C(C=Cc1ccccc1)NCCS(=O)(=O)N1CSCC1C(=O)O. The van der Waals surface area contributed by atoms with Crippen LogP contribution in [-0.4, -0.2) is 59.7 Å². The van der Waals surface area contributed by atoms with Crippen LogP contribution in [0.5, 0.6) is 0 Å². The Labute approximate surface area is 144 Å². The number of aliphatic carboxylic acids is 1. The van der Waals surface area contributed by atoms with Crippen molar-refractivity contribution < 1.29 is 23.1 Å². The fraction of sp³-hybridized carbons (Fsp3) is 0.333. The van der Waals surface area contributed by atoms with E-state index in [4.69, 9.17) is 5.11 Å². The van der Waals surface area contributed by atoms with E-state index in [2.05, 4.69) is 5.32 Å². The maximum absolute atomic E-state index is 12.2. The molecule has 1 aromatic carbocycles. The van der Waals surface area contributed by atoms with Gasteiger partial charge in [0.1, 0.15) is 6.04 Å². The Morgan fingerprint density at radius 2 is 2.04 bits per heavy atom. The van der Waals surface area contributed by atoms with Gasteiger partial charge in [-0.15, -0.1) is 11.8 Å². The highest BCUT2D eigenvalue weighted by molar-refractivity contribution is 8.00. The molecule has 1 unspecified atom stereocenters. The number of nitrogens with one attached hydrogen (secondary N) is 1. The highest BCUT2D eigenvalue weighted by Crippen LogP contribution is 2.24. The highest BCUT2D eigenvalue weighted by Gasteiger charge is 2.38. The summed E-state index contributed by atoms with van der Waals surface area (Å²) in [6, 6.07) is 8.20. The third-order valence-corrected chi connectivity index (χ3v) is 6.36. The molecular weight excluding hydrogens is 352 g/mol. The lowest BCUT2D eigenvalue weighted by molar-refractivity contribution is -0.140. The molecule has 2 rings (SSSR count). The summed E-state index contributed by atoms with van der Waals surface area (Å²) in [7, 11) is -3.72. The van der Waals surface area contributed by atoms with Crippen molar-refractivity contribution in [1.82, 2.24) is 9.62 Å². The fourth-order valence-electron chi connectivity index (χ4n) is 2.11. The first-order chi connectivity index (χ1) is 11.4. The number of benzene rings is 1. The molecule has 130 valence electrons. The molecule has 0 aliphatic carbocycles. The summed E-state index contributed by atoms with van der Waals surface area (Å²) in [6.07, 6.45) is 2.95. The van der Waals surface area contributed by atoms with Gasteiger partial charge < -0.3 is 10.4 Å². The molecule has 0 radical (unpaired) electrons. The second kappa shape index (κ2) is 8.32. The van der Waals surface area contributed by atoms with Crippen LogP contribution in [0.15, 0.2) is 36.4 Å². The van der Waals surface area contributed by atoms with Crippen molar-refractivity contribution in [3.63, 3.8) is 0 Å². The van der Waals surface area contributed by atoms with E-state index in [0.29, 0.717) is 0 Å². The summed E-state index contributed by atoms with van der Waals surface area (Å²) in [4.78, 5) is 22.8. The van der Waals surface area contributed by atoms with Gasteiger partial charge in [-0.05, 0) is 11.6 Å². The number of nitrogens with zero attached hydrogens (tertiary/aromatic N) is 1. The minimum Gasteiger partial charge on any atom is -0.480 e. The quantitative estimate of drug-likeness (QED) is 0.682. The Morgan fingerprint density at radius 3 is 2.71 bits per heavy atom. The van der Waals surface area contributed by atoms with Gasteiger partial charge in [0.05, 0.1) is 11.6 Å². The Morgan fingerprint density at radius 1 is 1.33 bits per heavy atom. The van der Waals surface area contributed by atoms with Crippen LogP contribution in [0.3, 0.4) is 0 Å². The van der Waals surface area contributed by atoms with Crippen LogP contribution in [0.25, 0.3) is 6.08 Å². The van der Waals surface area contributed by atoms with Crippen LogP contribution in [0, 0.1) is 0 Å². The van der Waals surface area contributed by atoms with E-state index in [1.54, 1.807) is 6.08 Å². The number of sulfonamides is 1. The first-order valence-electron chi connectivity index (χ1n) is 7.21. The lowest BCUT2D eigenvalue weighted by atomic mass is 10.2. The Kier molecular flexibility index (Phi) is 6.41. The minimum absolute atomic E-state index is 0.0756. The molecular formula is C15H18N2O5S2. The van der Waals surface area contributed by atoms with Crippen molar-refractivity contribution in [2.75, 3.05) is 23.9 Å². The smallest absolute Gasteiger partial charge is 0.322 e. The Balaban J connectivity index is 1.83. The molecule has 1 heterocycles. The monoisotopic (exact) mass is 370 g/mol. The number of amides is 1. The predicted octanol–water partition coefficient (Wildman–Crippen LogP) is 0.605. The second-order valence-electron chi connectivity index (χ2n) is 5.09. The Bertz CT molecular complexity index is 719. The predicted molar refractivity (Wildman–Crippen MR) is 92.9 cm³/mol. The minimum atomic E-state index is -3.72. The molecule has 0 saturated carbocycles. The molecule has 9 heteroatoms. The third kappa shape index (κ3) is 5.08. The van der Waals surface area contributed by atoms with Crippen molar-refractivity contribution in [3.05, 3.63) is 42.0 Å². The maximum Gasteiger partial charge on any atom is 0.322 e. The standard InChI is InChI=1S/C15H18N2O5S2/c18-14(7-6-12-4-2-1-3-5-12)16-8-9-24(21,22)17-11-23-10-13(17)15(19)20/h1-7,13H,8-11H2,(H,16,18)(H,19,20). The first-order valence-corrected chi connectivity index (χ1v) is 9.97. The van der Waals surface area contributed by atoms with Crippen molar-refractivity contribution in [2.24, 2.45) is 0 Å². The number of hydrogen-bond donors (Lipinski definition) is 2. The van der Waals surface area contributed by atoms with E-state index in [0.717, 1.165) is 9.87 Å². The highest BCUT2D eigenvalue weighted by atomic mass is 32.2. The number of carboxylic acid groups (broad SMARTS) is 1. The van der Waals surface area contributed by atoms with Crippen LogP contribution >= 0.6 is 11.8 Å². The molecule has 2 N–H and O–H groups in total. The summed E-state index contributed by atoms with van der Waals surface area (Å²) in [5, 5.41) is 11.5. The maximum atomic E-state index is 12.2. The Hall–Kier alpha value is -1.84. The summed E-state index contributed by atoms with van der Waals surface area (Å²) >= 11 is 1.26. The van der Waals surface area contributed by atoms with Gasteiger partial charge >= 0.3 is 5.97 Å². The normalized spacial score (nSPS) is 18.8. The van der Waals surface area contributed by atoms with Crippen LogP contribution < -0.4 is 5.32 Å². The molecule has 1 amide bonds. The number of hydrogen-bond acceptors (Lipinski definition) is 5. The largest absolute Gasteiger partial charge is 0.480 e. The summed E-state index contributed by atoms with van der Waals surface area (Å²) < 4.78 is 25.4. The molecule has 0 aromatic heterocycles. The zero-order valence-electron chi connectivity index (χ0n) is 12.8.